The van der Waals surface area contributed by atoms with Gasteiger partial charge in [0, 0.05) is 11.1 Å². The van der Waals surface area contributed by atoms with E-state index in [0.29, 0.717) is 28.3 Å². The summed E-state index contributed by atoms with van der Waals surface area (Å²) in [6.45, 7) is 5.84. The van der Waals surface area contributed by atoms with Gasteiger partial charge >= 0.3 is 0 Å². The Hall–Kier alpha value is -1.29. The molecular formula is C16H17Cl2NO2. The lowest BCUT2D eigenvalue weighted by Crippen LogP contribution is -1.97. The molecule has 0 aliphatic heterocycles. The van der Waals surface area contributed by atoms with Crippen molar-refractivity contribution in [2.45, 2.75) is 33.3 Å². The number of aliphatic hydroxyl groups excluding tert-OH is 1. The lowest BCUT2D eigenvalue weighted by atomic mass is 10.0. The van der Waals surface area contributed by atoms with Crippen LogP contribution in [-0.4, -0.2) is 10.1 Å². The van der Waals surface area contributed by atoms with Gasteiger partial charge in [-0.05, 0) is 42.2 Å². The van der Waals surface area contributed by atoms with Gasteiger partial charge in [0.05, 0.1) is 17.3 Å². The number of ether oxygens (including phenoxy) is 1. The number of hydrogen-bond donors (Lipinski definition) is 1. The lowest BCUT2D eigenvalue weighted by Gasteiger charge is -2.14. The first-order valence-electron chi connectivity index (χ1n) is 6.66. The Morgan fingerprint density at radius 3 is 2.52 bits per heavy atom. The van der Waals surface area contributed by atoms with Gasteiger partial charge in [-0.15, -0.1) is 0 Å². The third kappa shape index (κ3) is 3.67. The van der Waals surface area contributed by atoms with E-state index in [0.717, 1.165) is 16.1 Å². The summed E-state index contributed by atoms with van der Waals surface area (Å²) in [5.74, 6) is 1.39. The first-order chi connectivity index (χ1) is 9.92. The fourth-order valence-corrected chi connectivity index (χ4v) is 2.57. The topological polar surface area (TPSA) is 42.4 Å². The fourth-order valence-electron chi connectivity index (χ4n) is 1.97. The smallest absolute Gasteiger partial charge is 0.219 e. The Balaban J connectivity index is 2.37. The molecule has 112 valence electrons. The maximum atomic E-state index is 9.20. The van der Waals surface area contributed by atoms with Crippen molar-refractivity contribution in [3.05, 3.63) is 51.1 Å². The molecular weight excluding hydrogens is 309 g/mol. The van der Waals surface area contributed by atoms with Gasteiger partial charge in [0.1, 0.15) is 5.75 Å². The van der Waals surface area contributed by atoms with E-state index >= 15 is 0 Å². The summed E-state index contributed by atoms with van der Waals surface area (Å²) >= 11 is 12.2. The average molecular weight is 326 g/mol. The van der Waals surface area contributed by atoms with E-state index in [1.54, 1.807) is 12.1 Å². The Morgan fingerprint density at radius 1 is 1.19 bits per heavy atom. The highest BCUT2D eigenvalue weighted by atomic mass is 35.5. The molecule has 0 fully saturated rings. The van der Waals surface area contributed by atoms with Crippen molar-refractivity contribution >= 4 is 23.2 Å². The van der Waals surface area contributed by atoms with Crippen LogP contribution in [0.4, 0.5) is 0 Å². The van der Waals surface area contributed by atoms with Crippen molar-refractivity contribution in [3.63, 3.8) is 0 Å². The maximum absolute atomic E-state index is 9.20. The van der Waals surface area contributed by atoms with Gasteiger partial charge in [0.25, 0.3) is 0 Å². The SMILES string of the molecule is Cc1cc(Cl)c(C(C)C)cc1Oc1ccc(Cl)c(CO)n1. The van der Waals surface area contributed by atoms with E-state index in [9.17, 15) is 5.11 Å². The Labute approximate surface area is 134 Å². The maximum Gasteiger partial charge on any atom is 0.219 e. The third-order valence-corrected chi connectivity index (χ3v) is 3.85. The summed E-state index contributed by atoms with van der Waals surface area (Å²) in [6, 6.07) is 7.14. The Morgan fingerprint density at radius 2 is 1.90 bits per heavy atom. The summed E-state index contributed by atoms with van der Waals surface area (Å²) in [6.07, 6.45) is 0. The van der Waals surface area contributed by atoms with Gasteiger partial charge < -0.3 is 9.84 Å². The van der Waals surface area contributed by atoms with Gasteiger partial charge in [-0.2, -0.15) is 0 Å². The van der Waals surface area contributed by atoms with E-state index in [2.05, 4.69) is 18.8 Å². The lowest BCUT2D eigenvalue weighted by molar-refractivity contribution is 0.275. The summed E-state index contributed by atoms with van der Waals surface area (Å²) in [5, 5.41) is 10.3. The second kappa shape index (κ2) is 6.65. The predicted octanol–water partition coefficient (Wildman–Crippen LogP) is 5.10. The van der Waals surface area contributed by atoms with E-state index < -0.39 is 0 Å². The summed E-state index contributed by atoms with van der Waals surface area (Å²) in [5.41, 5.74) is 2.34. The first kappa shape index (κ1) is 16.1. The second-order valence-corrected chi connectivity index (χ2v) is 5.95. The van der Waals surface area contributed by atoms with E-state index in [1.165, 1.54) is 0 Å². The minimum Gasteiger partial charge on any atom is -0.439 e. The van der Waals surface area contributed by atoms with Crippen molar-refractivity contribution in [1.29, 1.82) is 0 Å². The number of pyridine rings is 1. The van der Waals surface area contributed by atoms with E-state index in [4.69, 9.17) is 27.9 Å². The van der Waals surface area contributed by atoms with Gasteiger partial charge in [0.15, 0.2) is 0 Å². The van der Waals surface area contributed by atoms with Crippen LogP contribution in [0.1, 0.15) is 36.6 Å². The normalized spacial score (nSPS) is 11.0. The van der Waals surface area contributed by atoms with Gasteiger partial charge in [-0.3, -0.25) is 0 Å². The Kier molecular flexibility index (Phi) is 5.09. The quantitative estimate of drug-likeness (QED) is 0.849. The summed E-state index contributed by atoms with van der Waals surface area (Å²) < 4.78 is 5.81. The van der Waals surface area contributed by atoms with E-state index in [1.807, 2.05) is 19.1 Å². The standard InChI is InChI=1S/C16H17Cl2NO2/c1-9(2)11-7-15(10(3)6-13(11)18)21-16-5-4-12(17)14(8-20)19-16/h4-7,9,20H,8H2,1-3H3. The number of hydrogen-bond acceptors (Lipinski definition) is 3. The van der Waals surface area contributed by atoms with Crippen molar-refractivity contribution in [2.24, 2.45) is 0 Å². The molecule has 0 aliphatic rings. The second-order valence-electron chi connectivity index (χ2n) is 5.13. The van der Waals surface area contributed by atoms with Crippen LogP contribution in [0.15, 0.2) is 24.3 Å². The number of aromatic nitrogens is 1. The highest BCUT2D eigenvalue weighted by Gasteiger charge is 2.12. The number of nitrogens with zero attached hydrogens (tertiary/aromatic N) is 1. The molecule has 1 heterocycles. The van der Waals surface area contributed by atoms with Crippen molar-refractivity contribution < 1.29 is 9.84 Å². The molecule has 0 atom stereocenters. The number of benzene rings is 1. The van der Waals surface area contributed by atoms with Crippen LogP contribution in [0.25, 0.3) is 0 Å². The molecule has 0 radical (unpaired) electrons. The molecule has 1 aromatic carbocycles. The molecule has 1 aromatic heterocycles. The van der Waals surface area contributed by atoms with Crippen LogP contribution < -0.4 is 4.74 Å². The molecule has 2 aromatic rings. The molecule has 0 saturated heterocycles. The molecule has 0 unspecified atom stereocenters. The van der Waals surface area contributed by atoms with Crippen LogP contribution in [0, 0.1) is 6.92 Å². The molecule has 0 bridgehead atoms. The van der Waals surface area contributed by atoms with Crippen LogP contribution >= 0.6 is 23.2 Å². The van der Waals surface area contributed by atoms with Crippen LogP contribution in [0.5, 0.6) is 11.6 Å². The summed E-state index contributed by atoms with van der Waals surface area (Å²) in [4.78, 5) is 4.19. The number of aryl methyl sites for hydroxylation is 1. The van der Waals surface area contributed by atoms with Crippen LogP contribution in [0.2, 0.25) is 10.0 Å². The van der Waals surface area contributed by atoms with Gasteiger partial charge in [-0.25, -0.2) is 4.98 Å². The summed E-state index contributed by atoms with van der Waals surface area (Å²) in [7, 11) is 0. The highest BCUT2D eigenvalue weighted by molar-refractivity contribution is 6.31. The monoisotopic (exact) mass is 325 g/mol. The molecule has 0 amide bonds. The van der Waals surface area contributed by atoms with Gasteiger partial charge in [-0.1, -0.05) is 37.0 Å². The zero-order valence-corrected chi connectivity index (χ0v) is 13.7. The molecule has 21 heavy (non-hydrogen) atoms. The first-order valence-corrected chi connectivity index (χ1v) is 7.42. The molecule has 1 N–H and O–H groups in total. The van der Waals surface area contributed by atoms with E-state index in [-0.39, 0.29) is 6.61 Å². The number of halogens is 2. The number of rotatable bonds is 4. The molecule has 0 saturated carbocycles. The predicted molar refractivity (Wildman–Crippen MR) is 85.5 cm³/mol. The van der Waals surface area contributed by atoms with Gasteiger partial charge in [0.2, 0.25) is 5.88 Å². The van der Waals surface area contributed by atoms with Crippen molar-refractivity contribution in [3.8, 4) is 11.6 Å². The van der Waals surface area contributed by atoms with Crippen LogP contribution in [-0.2, 0) is 6.61 Å². The zero-order chi connectivity index (χ0) is 15.6. The average Bonchev–Trinajstić information content (AvgIpc) is 2.43. The minimum atomic E-state index is -0.229. The minimum absolute atomic E-state index is 0.229. The molecule has 2 rings (SSSR count). The van der Waals surface area contributed by atoms with Crippen molar-refractivity contribution in [2.75, 3.05) is 0 Å². The zero-order valence-electron chi connectivity index (χ0n) is 12.2. The molecule has 0 aliphatic carbocycles. The molecule has 3 nitrogen and oxygen atoms in total. The Bertz CT molecular complexity index is 657. The van der Waals surface area contributed by atoms with Crippen molar-refractivity contribution in [1.82, 2.24) is 4.98 Å². The third-order valence-electron chi connectivity index (χ3n) is 3.17. The number of aliphatic hydroxyl groups is 1. The highest BCUT2D eigenvalue weighted by Crippen LogP contribution is 2.33. The molecule has 0 spiro atoms. The molecule has 5 heteroatoms. The van der Waals surface area contributed by atoms with Crippen LogP contribution in [0.3, 0.4) is 0 Å². The fraction of sp³-hybridized carbons (Fsp3) is 0.312. The largest absolute Gasteiger partial charge is 0.439 e.